The predicted octanol–water partition coefficient (Wildman–Crippen LogP) is 5.76. The zero-order chi connectivity index (χ0) is 25.3. The Labute approximate surface area is 220 Å². The Morgan fingerprint density at radius 3 is 2.36 bits per heavy atom. The van der Waals surface area contributed by atoms with Crippen molar-refractivity contribution in [2.24, 2.45) is 0 Å². The van der Waals surface area contributed by atoms with E-state index in [0.29, 0.717) is 18.7 Å². The number of amides is 2. The number of likely N-dealkylation sites (N-methyl/N-ethyl adjacent to an activating group) is 1. The molecule has 0 aliphatic carbocycles. The van der Waals surface area contributed by atoms with Gasteiger partial charge in [0.1, 0.15) is 11.8 Å². The number of ether oxygens (including phenoxy) is 1. The summed E-state index contributed by atoms with van der Waals surface area (Å²) < 4.78 is 6.95. The van der Waals surface area contributed by atoms with Crippen molar-refractivity contribution >= 4 is 38.5 Å². The average Bonchev–Trinajstić information content (AvgIpc) is 2.90. The minimum Gasteiger partial charge on any atom is -0.483 e. The van der Waals surface area contributed by atoms with Crippen LogP contribution in [0.25, 0.3) is 10.8 Å². The lowest BCUT2D eigenvalue weighted by molar-refractivity contribution is -0.142. The predicted molar refractivity (Wildman–Crippen MR) is 147 cm³/mol. The number of halogens is 1. The highest BCUT2D eigenvalue weighted by Gasteiger charge is 2.30. The second-order valence-corrected chi connectivity index (χ2v) is 9.43. The Morgan fingerprint density at radius 1 is 0.889 bits per heavy atom. The third kappa shape index (κ3) is 6.52. The first-order chi connectivity index (χ1) is 17.5. The van der Waals surface area contributed by atoms with Crippen LogP contribution in [0.1, 0.15) is 18.1 Å². The summed E-state index contributed by atoms with van der Waals surface area (Å²) in [6.45, 7) is 2.47. The van der Waals surface area contributed by atoms with Crippen molar-refractivity contribution in [3.63, 3.8) is 0 Å². The Morgan fingerprint density at radius 2 is 1.58 bits per heavy atom. The van der Waals surface area contributed by atoms with Gasteiger partial charge in [-0.15, -0.1) is 0 Å². The summed E-state index contributed by atoms with van der Waals surface area (Å²) in [5.41, 5.74) is 1.90. The molecule has 1 N–H and O–H groups in total. The maximum Gasteiger partial charge on any atom is 0.261 e. The molecule has 0 saturated heterocycles. The fourth-order valence-corrected chi connectivity index (χ4v) is 4.67. The van der Waals surface area contributed by atoms with Gasteiger partial charge < -0.3 is 15.0 Å². The van der Waals surface area contributed by atoms with E-state index in [1.807, 2.05) is 104 Å². The monoisotopic (exact) mass is 544 g/mol. The van der Waals surface area contributed by atoms with Gasteiger partial charge in [0.25, 0.3) is 5.91 Å². The highest BCUT2D eigenvalue weighted by molar-refractivity contribution is 9.10. The summed E-state index contributed by atoms with van der Waals surface area (Å²) in [5.74, 6) is 0.200. The number of nitrogens with zero attached hydrogens (tertiary/aromatic N) is 1. The molecule has 36 heavy (non-hydrogen) atoms. The third-order valence-electron chi connectivity index (χ3n) is 5.96. The van der Waals surface area contributed by atoms with Gasteiger partial charge in [-0.25, -0.2) is 0 Å². The van der Waals surface area contributed by atoms with Gasteiger partial charge in [0, 0.05) is 29.4 Å². The van der Waals surface area contributed by atoms with E-state index >= 15 is 0 Å². The van der Waals surface area contributed by atoms with Crippen LogP contribution >= 0.6 is 15.9 Å². The van der Waals surface area contributed by atoms with Crippen molar-refractivity contribution < 1.29 is 14.3 Å². The summed E-state index contributed by atoms with van der Waals surface area (Å²) >= 11 is 3.51. The van der Waals surface area contributed by atoms with E-state index < -0.39 is 6.04 Å². The molecule has 184 valence electrons. The van der Waals surface area contributed by atoms with Crippen molar-refractivity contribution in [3.8, 4) is 5.75 Å². The van der Waals surface area contributed by atoms with Crippen LogP contribution in [-0.2, 0) is 22.6 Å². The van der Waals surface area contributed by atoms with Gasteiger partial charge in [0.15, 0.2) is 6.61 Å². The summed E-state index contributed by atoms with van der Waals surface area (Å²) in [7, 11) is 0. The standard InChI is InChI=1S/C30H29BrN2O3/c1-2-32-30(35)27(19-22-10-4-3-5-11-22)33(20-23-12-8-15-25(31)18-23)29(34)21-36-28-17-9-14-24-13-6-7-16-26(24)28/h3-18,27H,2,19-21H2,1H3,(H,32,35). The summed E-state index contributed by atoms with van der Waals surface area (Å²) in [6.07, 6.45) is 0.403. The highest BCUT2D eigenvalue weighted by Crippen LogP contribution is 2.25. The fourth-order valence-electron chi connectivity index (χ4n) is 4.22. The maximum absolute atomic E-state index is 13.7. The number of hydrogen-bond acceptors (Lipinski definition) is 3. The number of fused-ring (bicyclic) bond motifs is 1. The van der Waals surface area contributed by atoms with Gasteiger partial charge in [-0.2, -0.15) is 0 Å². The molecule has 0 aromatic heterocycles. The normalized spacial score (nSPS) is 11.6. The molecule has 6 heteroatoms. The molecule has 2 amide bonds. The average molecular weight is 545 g/mol. The van der Waals surface area contributed by atoms with Gasteiger partial charge in [-0.05, 0) is 41.6 Å². The zero-order valence-electron chi connectivity index (χ0n) is 20.2. The van der Waals surface area contributed by atoms with Crippen molar-refractivity contribution in [2.45, 2.75) is 25.9 Å². The molecular weight excluding hydrogens is 516 g/mol. The number of rotatable bonds is 10. The van der Waals surface area contributed by atoms with Gasteiger partial charge in [0.05, 0.1) is 0 Å². The first kappa shape index (κ1) is 25.5. The number of nitrogens with one attached hydrogen (secondary N) is 1. The minimum absolute atomic E-state index is 0.174. The van der Waals surface area contributed by atoms with E-state index in [1.54, 1.807) is 4.90 Å². The molecule has 1 atom stereocenters. The Bertz CT molecular complexity index is 1320. The molecule has 0 bridgehead atoms. The lowest BCUT2D eigenvalue weighted by atomic mass is 10.0. The molecule has 0 spiro atoms. The summed E-state index contributed by atoms with van der Waals surface area (Å²) in [6, 6.07) is 30.5. The maximum atomic E-state index is 13.7. The molecule has 0 saturated carbocycles. The van der Waals surface area contributed by atoms with Gasteiger partial charge in [-0.3, -0.25) is 9.59 Å². The molecule has 5 nitrogen and oxygen atoms in total. The second-order valence-electron chi connectivity index (χ2n) is 8.52. The molecule has 4 rings (SSSR count). The molecule has 4 aromatic rings. The van der Waals surface area contributed by atoms with E-state index in [-0.39, 0.29) is 25.0 Å². The molecule has 0 heterocycles. The van der Waals surface area contributed by atoms with E-state index in [1.165, 1.54) is 0 Å². The van der Waals surface area contributed by atoms with Crippen LogP contribution in [-0.4, -0.2) is 35.9 Å². The van der Waals surface area contributed by atoms with Crippen molar-refractivity contribution in [1.82, 2.24) is 10.2 Å². The minimum atomic E-state index is -0.685. The molecule has 0 aliphatic heterocycles. The van der Waals surface area contributed by atoms with E-state index in [9.17, 15) is 9.59 Å². The molecule has 0 aliphatic rings. The first-order valence-corrected chi connectivity index (χ1v) is 12.8. The van der Waals surface area contributed by atoms with Crippen LogP contribution in [0.3, 0.4) is 0 Å². The highest BCUT2D eigenvalue weighted by atomic mass is 79.9. The van der Waals surface area contributed by atoms with Crippen LogP contribution in [0.2, 0.25) is 0 Å². The van der Waals surface area contributed by atoms with Crippen LogP contribution in [0, 0.1) is 0 Å². The third-order valence-corrected chi connectivity index (χ3v) is 6.46. The molecule has 4 aromatic carbocycles. The van der Waals surface area contributed by atoms with E-state index in [2.05, 4.69) is 21.2 Å². The van der Waals surface area contributed by atoms with Crippen LogP contribution in [0.4, 0.5) is 0 Å². The van der Waals surface area contributed by atoms with Gasteiger partial charge in [0.2, 0.25) is 5.91 Å². The topological polar surface area (TPSA) is 58.6 Å². The van der Waals surface area contributed by atoms with Gasteiger partial charge >= 0.3 is 0 Å². The van der Waals surface area contributed by atoms with Crippen molar-refractivity contribution in [2.75, 3.05) is 13.2 Å². The quantitative estimate of drug-likeness (QED) is 0.276. The number of carbonyl (C=O) groups is 2. The van der Waals surface area contributed by atoms with E-state index in [0.717, 1.165) is 26.4 Å². The number of benzene rings is 4. The van der Waals surface area contributed by atoms with Gasteiger partial charge in [-0.1, -0.05) is 94.8 Å². The Balaban J connectivity index is 1.63. The number of hydrogen-bond donors (Lipinski definition) is 1. The van der Waals surface area contributed by atoms with Crippen LogP contribution < -0.4 is 10.1 Å². The van der Waals surface area contributed by atoms with Crippen LogP contribution in [0.15, 0.2) is 102 Å². The lowest BCUT2D eigenvalue weighted by Gasteiger charge is -2.31. The molecular formula is C30H29BrN2O3. The number of carbonyl (C=O) groups excluding carboxylic acids is 2. The summed E-state index contributed by atoms with van der Waals surface area (Å²) in [4.78, 5) is 28.6. The molecule has 0 radical (unpaired) electrons. The Kier molecular flexibility index (Phi) is 8.74. The smallest absolute Gasteiger partial charge is 0.261 e. The second kappa shape index (κ2) is 12.4. The fraction of sp³-hybridized carbons (Fsp3) is 0.200. The van der Waals surface area contributed by atoms with Crippen molar-refractivity contribution in [1.29, 1.82) is 0 Å². The zero-order valence-corrected chi connectivity index (χ0v) is 21.8. The van der Waals surface area contributed by atoms with Crippen molar-refractivity contribution in [3.05, 3.63) is 113 Å². The van der Waals surface area contributed by atoms with E-state index in [4.69, 9.17) is 4.74 Å². The first-order valence-electron chi connectivity index (χ1n) is 12.0. The SMILES string of the molecule is CCNC(=O)C(Cc1ccccc1)N(Cc1cccc(Br)c1)C(=O)COc1cccc2ccccc12. The van der Waals surface area contributed by atoms with Crippen LogP contribution in [0.5, 0.6) is 5.75 Å². The summed E-state index contributed by atoms with van der Waals surface area (Å²) in [5, 5.41) is 4.89. The largest absolute Gasteiger partial charge is 0.483 e. The lowest BCUT2D eigenvalue weighted by Crippen LogP contribution is -2.51. The molecule has 0 fully saturated rings. The molecule has 1 unspecified atom stereocenters. The Hall–Kier alpha value is -3.64.